The molecule has 0 amide bonds. The average molecular weight is 425 g/mol. The number of aromatic hydroxyl groups is 2. The smallest absolute Gasteiger partial charge is 0.119 e. The van der Waals surface area contributed by atoms with Crippen molar-refractivity contribution in [3.63, 3.8) is 0 Å². The fourth-order valence-electron chi connectivity index (χ4n) is 4.07. The summed E-state index contributed by atoms with van der Waals surface area (Å²) in [4.78, 5) is 0. The summed E-state index contributed by atoms with van der Waals surface area (Å²) in [6.45, 7) is 26.1. The summed E-state index contributed by atoms with van der Waals surface area (Å²) in [6, 6.07) is 8.29. The minimum atomic E-state index is -0.128. The molecule has 2 heteroatoms. The predicted octanol–water partition coefficient (Wildman–Crippen LogP) is 7.88. The van der Waals surface area contributed by atoms with Crippen LogP contribution in [0.2, 0.25) is 0 Å². The molecule has 2 N–H and O–H groups in total. The fraction of sp³-hybridized carbons (Fsp3) is 0.586. The Morgan fingerprint density at radius 1 is 0.484 bits per heavy atom. The standard InChI is InChI=1S/C29H44O2/c1-26(2,3)18-13-22(28(7,8)9)20(24(30)15-18)17-21-23(29(10,11)12)14-19(16-25(21)31)27(4,5)6/h13-16,30-31H,17H2,1-12H3. The van der Waals surface area contributed by atoms with Gasteiger partial charge in [0.1, 0.15) is 11.5 Å². The maximum atomic E-state index is 11.1. The van der Waals surface area contributed by atoms with Crippen molar-refractivity contribution in [2.45, 2.75) is 111 Å². The average Bonchev–Trinajstić information content (AvgIpc) is 2.53. The van der Waals surface area contributed by atoms with Gasteiger partial charge >= 0.3 is 0 Å². The first kappa shape index (κ1) is 25.3. The molecule has 2 nitrogen and oxygen atoms in total. The van der Waals surface area contributed by atoms with Crippen molar-refractivity contribution in [1.82, 2.24) is 0 Å². The topological polar surface area (TPSA) is 40.5 Å². The van der Waals surface area contributed by atoms with E-state index < -0.39 is 0 Å². The van der Waals surface area contributed by atoms with Gasteiger partial charge in [-0.05, 0) is 56.0 Å². The highest BCUT2D eigenvalue weighted by Crippen LogP contribution is 2.42. The Kier molecular flexibility index (Phi) is 6.42. The lowest BCUT2D eigenvalue weighted by Crippen LogP contribution is -2.21. The van der Waals surface area contributed by atoms with Crippen LogP contribution in [-0.2, 0) is 28.1 Å². The zero-order valence-corrected chi connectivity index (χ0v) is 21.9. The van der Waals surface area contributed by atoms with Crippen LogP contribution in [0, 0.1) is 0 Å². The van der Waals surface area contributed by atoms with Gasteiger partial charge in [-0.3, -0.25) is 0 Å². The zero-order valence-electron chi connectivity index (χ0n) is 21.9. The number of rotatable bonds is 2. The van der Waals surface area contributed by atoms with E-state index in [1.807, 2.05) is 12.1 Å². The number of hydrogen-bond acceptors (Lipinski definition) is 2. The van der Waals surface area contributed by atoms with E-state index in [-0.39, 0.29) is 21.7 Å². The molecule has 0 aliphatic rings. The zero-order chi connectivity index (χ0) is 24.2. The molecule has 0 unspecified atom stereocenters. The summed E-state index contributed by atoms with van der Waals surface area (Å²) in [5.41, 5.74) is 5.98. The molecule has 2 rings (SSSR count). The molecule has 0 saturated heterocycles. The highest BCUT2D eigenvalue weighted by molar-refractivity contribution is 5.55. The normalized spacial score (nSPS) is 13.5. The minimum Gasteiger partial charge on any atom is -0.508 e. The number of phenolic OH excluding ortho intramolecular Hbond substituents is 2. The maximum absolute atomic E-state index is 11.1. The van der Waals surface area contributed by atoms with Gasteiger partial charge in [0.05, 0.1) is 0 Å². The summed E-state index contributed by atoms with van der Waals surface area (Å²) in [6.07, 6.45) is 0.506. The Bertz CT molecular complexity index is 873. The van der Waals surface area contributed by atoms with E-state index in [4.69, 9.17) is 0 Å². The molecule has 0 heterocycles. The third kappa shape index (κ3) is 5.64. The highest BCUT2D eigenvalue weighted by Gasteiger charge is 2.29. The summed E-state index contributed by atoms with van der Waals surface area (Å²) in [5.74, 6) is 0.632. The van der Waals surface area contributed by atoms with E-state index in [1.54, 1.807) is 0 Å². The van der Waals surface area contributed by atoms with E-state index in [2.05, 4.69) is 95.2 Å². The van der Waals surface area contributed by atoms with Crippen LogP contribution in [0.1, 0.15) is 116 Å². The van der Waals surface area contributed by atoms with Gasteiger partial charge in [0, 0.05) is 17.5 Å². The molecule has 0 saturated carbocycles. The number of hydrogen-bond donors (Lipinski definition) is 2. The lowest BCUT2D eigenvalue weighted by atomic mass is 9.74. The number of benzene rings is 2. The third-order valence-corrected chi connectivity index (χ3v) is 6.15. The molecule has 0 radical (unpaired) electrons. The third-order valence-electron chi connectivity index (χ3n) is 6.15. The van der Waals surface area contributed by atoms with Crippen LogP contribution < -0.4 is 0 Å². The van der Waals surface area contributed by atoms with Gasteiger partial charge in [-0.1, -0.05) is 95.2 Å². The SMILES string of the molecule is CC(C)(C)c1cc(O)c(Cc2c(O)cc(C(C)(C)C)cc2C(C)(C)C)c(C(C)(C)C)c1. The Balaban J connectivity index is 2.79. The van der Waals surface area contributed by atoms with Crippen LogP contribution >= 0.6 is 0 Å². The lowest BCUT2D eigenvalue weighted by Gasteiger charge is -2.31. The second-order valence-electron chi connectivity index (χ2n) is 13.2. The van der Waals surface area contributed by atoms with Crippen LogP contribution in [0.25, 0.3) is 0 Å². The first-order chi connectivity index (χ1) is 13.7. The van der Waals surface area contributed by atoms with E-state index in [9.17, 15) is 10.2 Å². The molecule has 0 fully saturated rings. The van der Waals surface area contributed by atoms with Crippen molar-refractivity contribution in [3.8, 4) is 11.5 Å². The number of phenols is 2. The Morgan fingerprint density at radius 2 is 0.774 bits per heavy atom. The molecule has 0 aliphatic carbocycles. The van der Waals surface area contributed by atoms with Crippen LogP contribution in [0.4, 0.5) is 0 Å². The molecule has 0 spiro atoms. The Hall–Kier alpha value is -1.96. The van der Waals surface area contributed by atoms with Crippen molar-refractivity contribution in [3.05, 3.63) is 57.6 Å². The largest absolute Gasteiger partial charge is 0.508 e. The fourth-order valence-corrected chi connectivity index (χ4v) is 4.07. The Labute approximate surface area is 190 Å². The van der Waals surface area contributed by atoms with Crippen LogP contribution in [-0.4, -0.2) is 10.2 Å². The van der Waals surface area contributed by atoms with E-state index in [0.717, 1.165) is 33.4 Å². The summed E-state index contributed by atoms with van der Waals surface area (Å²) >= 11 is 0. The summed E-state index contributed by atoms with van der Waals surface area (Å²) in [7, 11) is 0. The molecular weight excluding hydrogens is 380 g/mol. The Morgan fingerprint density at radius 3 is 1.00 bits per heavy atom. The summed E-state index contributed by atoms with van der Waals surface area (Å²) < 4.78 is 0. The predicted molar refractivity (Wildman–Crippen MR) is 134 cm³/mol. The van der Waals surface area contributed by atoms with Crippen molar-refractivity contribution in [2.24, 2.45) is 0 Å². The van der Waals surface area contributed by atoms with Gasteiger partial charge in [0.2, 0.25) is 0 Å². The van der Waals surface area contributed by atoms with Gasteiger partial charge in [-0.2, -0.15) is 0 Å². The molecule has 2 aromatic carbocycles. The van der Waals surface area contributed by atoms with Gasteiger partial charge in [-0.15, -0.1) is 0 Å². The molecule has 31 heavy (non-hydrogen) atoms. The van der Waals surface area contributed by atoms with Gasteiger partial charge in [0.15, 0.2) is 0 Å². The maximum Gasteiger partial charge on any atom is 0.119 e. The molecule has 172 valence electrons. The molecule has 0 bridgehead atoms. The van der Waals surface area contributed by atoms with Gasteiger partial charge in [0.25, 0.3) is 0 Å². The second-order valence-corrected chi connectivity index (χ2v) is 13.2. The van der Waals surface area contributed by atoms with E-state index in [0.29, 0.717) is 17.9 Å². The lowest BCUT2D eigenvalue weighted by molar-refractivity contribution is 0.449. The molecule has 0 aliphatic heterocycles. The van der Waals surface area contributed by atoms with Crippen molar-refractivity contribution in [2.75, 3.05) is 0 Å². The minimum absolute atomic E-state index is 0.0525. The van der Waals surface area contributed by atoms with Crippen LogP contribution in [0.15, 0.2) is 24.3 Å². The monoisotopic (exact) mass is 424 g/mol. The molecular formula is C29H44O2. The molecule has 0 atom stereocenters. The molecule has 2 aromatic rings. The van der Waals surface area contributed by atoms with Crippen molar-refractivity contribution < 1.29 is 10.2 Å². The van der Waals surface area contributed by atoms with E-state index in [1.165, 1.54) is 0 Å². The van der Waals surface area contributed by atoms with E-state index >= 15 is 0 Å². The van der Waals surface area contributed by atoms with Crippen LogP contribution in [0.3, 0.4) is 0 Å². The molecule has 0 aromatic heterocycles. The van der Waals surface area contributed by atoms with Crippen molar-refractivity contribution in [1.29, 1.82) is 0 Å². The van der Waals surface area contributed by atoms with Crippen molar-refractivity contribution >= 4 is 0 Å². The second kappa shape index (κ2) is 7.87. The van der Waals surface area contributed by atoms with Gasteiger partial charge < -0.3 is 10.2 Å². The van der Waals surface area contributed by atoms with Crippen LogP contribution in [0.5, 0.6) is 11.5 Å². The highest BCUT2D eigenvalue weighted by atomic mass is 16.3. The first-order valence-corrected chi connectivity index (χ1v) is 11.5. The quantitative estimate of drug-likeness (QED) is 0.515. The first-order valence-electron chi connectivity index (χ1n) is 11.5. The van der Waals surface area contributed by atoms with Gasteiger partial charge in [-0.25, -0.2) is 0 Å². The summed E-state index contributed by atoms with van der Waals surface area (Å²) in [5, 5.41) is 22.3.